The average Bonchev–Trinajstić information content (AvgIpc) is 2.99. The molecule has 5 nitrogen and oxygen atoms in total. The predicted molar refractivity (Wildman–Crippen MR) is 93.0 cm³/mol. The topological polar surface area (TPSA) is 70.8 Å². The molecular weight excluding hydrogens is 306 g/mol. The second-order valence-corrected chi connectivity index (χ2v) is 6.46. The van der Waals surface area contributed by atoms with Crippen molar-refractivity contribution in [1.82, 2.24) is 0 Å². The van der Waals surface area contributed by atoms with E-state index in [2.05, 4.69) is 13.8 Å². The van der Waals surface area contributed by atoms with E-state index in [-0.39, 0.29) is 23.3 Å². The Hall–Kier alpha value is -2.56. The standard InChI is InChI=1S/C19H23NO4/c1-11(2)15-10-16(24-17(15)12(3)4)18(21)20(5)14-8-6-13(7-9-14)19(22)23/h6-12H,1-5H3,(H,22,23). The van der Waals surface area contributed by atoms with E-state index < -0.39 is 5.97 Å². The maximum absolute atomic E-state index is 12.7. The third-order valence-electron chi connectivity index (χ3n) is 3.95. The van der Waals surface area contributed by atoms with Crippen LogP contribution in [0.5, 0.6) is 0 Å². The van der Waals surface area contributed by atoms with E-state index in [0.717, 1.165) is 11.3 Å². The van der Waals surface area contributed by atoms with E-state index in [1.165, 1.54) is 17.0 Å². The van der Waals surface area contributed by atoms with Crippen molar-refractivity contribution in [2.45, 2.75) is 39.5 Å². The summed E-state index contributed by atoms with van der Waals surface area (Å²) in [5, 5.41) is 8.94. The van der Waals surface area contributed by atoms with Gasteiger partial charge in [-0.15, -0.1) is 0 Å². The Labute approximate surface area is 141 Å². The number of carboxylic acids is 1. The van der Waals surface area contributed by atoms with Crippen LogP contribution in [0.4, 0.5) is 5.69 Å². The van der Waals surface area contributed by atoms with Gasteiger partial charge in [0.2, 0.25) is 0 Å². The lowest BCUT2D eigenvalue weighted by Crippen LogP contribution is -2.25. The van der Waals surface area contributed by atoms with Gasteiger partial charge in [0.1, 0.15) is 5.76 Å². The second-order valence-electron chi connectivity index (χ2n) is 6.46. The number of carboxylic acid groups (broad SMARTS) is 1. The van der Waals surface area contributed by atoms with Crippen LogP contribution in [-0.4, -0.2) is 24.0 Å². The number of rotatable bonds is 5. The SMILES string of the molecule is CC(C)c1cc(C(=O)N(C)c2ccc(C(=O)O)cc2)oc1C(C)C. The summed E-state index contributed by atoms with van der Waals surface area (Å²) in [6, 6.07) is 7.98. The van der Waals surface area contributed by atoms with Crippen molar-refractivity contribution in [3.63, 3.8) is 0 Å². The summed E-state index contributed by atoms with van der Waals surface area (Å²) >= 11 is 0. The van der Waals surface area contributed by atoms with Crippen LogP contribution in [0.1, 0.15) is 71.8 Å². The fourth-order valence-electron chi connectivity index (χ4n) is 2.54. The summed E-state index contributed by atoms with van der Waals surface area (Å²) in [6.07, 6.45) is 0. The van der Waals surface area contributed by atoms with Gasteiger partial charge in [-0.05, 0) is 41.8 Å². The first-order chi connectivity index (χ1) is 11.2. The van der Waals surface area contributed by atoms with Crippen molar-refractivity contribution in [3.05, 3.63) is 53.0 Å². The Morgan fingerprint density at radius 2 is 1.62 bits per heavy atom. The summed E-state index contributed by atoms with van der Waals surface area (Å²) in [4.78, 5) is 25.1. The van der Waals surface area contributed by atoms with Gasteiger partial charge in [0.25, 0.3) is 5.91 Å². The molecule has 0 atom stereocenters. The fourth-order valence-corrected chi connectivity index (χ4v) is 2.54. The molecule has 24 heavy (non-hydrogen) atoms. The third kappa shape index (κ3) is 3.50. The lowest BCUT2D eigenvalue weighted by molar-refractivity contribution is 0.0696. The first-order valence-electron chi connectivity index (χ1n) is 7.97. The molecule has 2 rings (SSSR count). The Morgan fingerprint density at radius 3 is 2.04 bits per heavy atom. The lowest BCUT2D eigenvalue weighted by atomic mass is 9.98. The predicted octanol–water partition coefficient (Wildman–Crippen LogP) is 4.50. The first-order valence-corrected chi connectivity index (χ1v) is 7.97. The van der Waals surface area contributed by atoms with Crippen molar-refractivity contribution in [2.75, 3.05) is 11.9 Å². The zero-order valence-corrected chi connectivity index (χ0v) is 14.7. The number of benzene rings is 1. The molecular formula is C19H23NO4. The van der Waals surface area contributed by atoms with E-state index in [0.29, 0.717) is 11.4 Å². The van der Waals surface area contributed by atoms with Gasteiger partial charge in [-0.2, -0.15) is 0 Å². The highest BCUT2D eigenvalue weighted by atomic mass is 16.4. The average molecular weight is 329 g/mol. The number of carbonyl (C=O) groups is 2. The minimum absolute atomic E-state index is 0.182. The molecule has 0 aliphatic carbocycles. The number of anilines is 1. The quantitative estimate of drug-likeness (QED) is 0.876. The molecule has 0 saturated carbocycles. The zero-order valence-electron chi connectivity index (χ0n) is 14.7. The number of hydrogen-bond donors (Lipinski definition) is 1. The molecule has 0 spiro atoms. The van der Waals surface area contributed by atoms with Crippen LogP contribution in [0.25, 0.3) is 0 Å². The molecule has 1 amide bonds. The van der Waals surface area contributed by atoms with E-state index in [1.807, 2.05) is 19.9 Å². The molecule has 2 aromatic rings. The van der Waals surface area contributed by atoms with Crippen LogP contribution < -0.4 is 4.90 Å². The molecule has 5 heteroatoms. The molecule has 0 aliphatic rings. The Bertz CT molecular complexity index is 716. The fraction of sp³-hybridized carbons (Fsp3) is 0.368. The highest BCUT2D eigenvalue weighted by molar-refractivity contribution is 6.04. The second kappa shape index (κ2) is 6.91. The van der Waals surface area contributed by atoms with Crippen LogP contribution in [0.3, 0.4) is 0 Å². The van der Waals surface area contributed by atoms with Crippen LogP contribution in [0.2, 0.25) is 0 Å². The normalized spacial score (nSPS) is 11.1. The lowest BCUT2D eigenvalue weighted by Gasteiger charge is -2.16. The number of carbonyl (C=O) groups excluding carboxylic acids is 1. The zero-order chi connectivity index (χ0) is 18.0. The van der Waals surface area contributed by atoms with E-state index >= 15 is 0 Å². The van der Waals surface area contributed by atoms with E-state index in [9.17, 15) is 9.59 Å². The summed E-state index contributed by atoms with van der Waals surface area (Å²) in [5.74, 6) is 0.351. The summed E-state index contributed by atoms with van der Waals surface area (Å²) in [7, 11) is 1.64. The molecule has 0 radical (unpaired) electrons. The van der Waals surface area contributed by atoms with Gasteiger partial charge >= 0.3 is 5.97 Å². The Kier molecular flexibility index (Phi) is 5.12. The van der Waals surface area contributed by atoms with Gasteiger partial charge < -0.3 is 14.4 Å². The summed E-state index contributed by atoms with van der Waals surface area (Å²) in [6.45, 7) is 8.21. The summed E-state index contributed by atoms with van der Waals surface area (Å²) < 4.78 is 5.82. The van der Waals surface area contributed by atoms with E-state index in [1.54, 1.807) is 19.2 Å². The van der Waals surface area contributed by atoms with Crippen LogP contribution in [0.15, 0.2) is 34.7 Å². The first kappa shape index (κ1) is 17.8. The number of amides is 1. The van der Waals surface area contributed by atoms with Gasteiger partial charge in [0.05, 0.1) is 5.56 Å². The molecule has 0 bridgehead atoms. The molecule has 128 valence electrons. The van der Waals surface area contributed by atoms with Crippen LogP contribution in [-0.2, 0) is 0 Å². The molecule has 1 N–H and O–H groups in total. The molecule has 1 aromatic heterocycles. The van der Waals surface area contributed by atoms with Crippen molar-refractivity contribution < 1.29 is 19.1 Å². The van der Waals surface area contributed by atoms with Crippen molar-refractivity contribution in [2.24, 2.45) is 0 Å². The molecule has 0 fully saturated rings. The van der Waals surface area contributed by atoms with Gasteiger partial charge in [0.15, 0.2) is 5.76 Å². The minimum atomic E-state index is -0.996. The van der Waals surface area contributed by atoms with Crippen LogP contribution in [0, 0.1) is 0 Å². The molecule has 1 heterocycles. The van der Waals surface area contributed by atoms with Crippen molar-refractivity contribution >= 4 is 17.6 Å². The van der Waals surface area contributed by atoms with Gasteiger partial charge in [-0.1, -0.05) is 27.7 Å². The number of aromatic carboxylic acids is 1. The van der Waals surface area contributed by atoms with Gasteiger partial charge in [-0.25, -0.2) is 4.79 Å². The van der Waals surface area contributed by atoms with Crippen molar-refractivity contribution in [1.29, 1.82) is 0 Å². The van der Waals surface area contributed by atoms with E-state index in [4.69, 9.17) is 9.52 Å². The maximum atomic E-state index is 12.7. The Morgan fingerprint density at radius 1 is 1.04 bits per heavy atom. The van der Waals surface area contributed by atoms with Gasteiger partial charge in [0, 0.05) is 18.7 Å². The molecule has 0 aliphatic heterocycles. The summed E-state index contributed by atoms with van der Waals surface area (Å²) in [5.41, 5.74) is 1.84. The minimum Gasteiger partial charge on any atom is -0.478 e. The number of hydrogen-bond acceptors (Lipinski definition) is 3. The smallest absolute Gasteiger partial charge is 0.335 e. The molecule has 0 unspecified atom stereocenters. The third-order valence-corrected chi connectivity index (χ3v) is 3.95. The van der Waals surface area contributed by atoms with Crippen LogP contribution >= 0.6 is 0 Å². The highest BCUT2D eigenvalue weighted by Crippen LogP contribution is 2.30. The van der Waals surface area contributed by atoms with Gasteiger partial charge in [-0.3, -0.25) is 4.79 Å². The van der Waals surface area contributed by atoms with Crippen molar-refractivity contribution in [3.8, 4) is 0 Å². The monoisotopic (exact) mass is 329 g/mol. The number of nitrogens with zero attached hydrogens (tertiary/aromatic N) is 1. The highest BCUT2D eigenvalue weighted by Gasteiger charge is 2.23. The largest absolute Gasteiger partial charge is 0.478 e. The number of furan rings is 1. The maximum Gasteiger partial charge on any atom is 0.335 e. The molecule has 0 saturated heterocycles. The molecule has 1 aromatic carbocycles. The Balaban J connectivity index is 2.30.